The van der Waals surface area contributed by atoms with Crippen LogP contribution >= 0.6 is 0 Å². The summed E-state index contributed by atoms with van der Waals surface area (Å²) in [6.45, 7) is 0.0757. The van der Waals surface area contributed by atoms with E-state index >= 15 is 0 Å². The fourth-order valence-corrected chi connectivity index (χ4v) is 5.97. The van der Waals surface area contributed by atoms with E-state index < -0.39 is 59.5 Å². The molecule has 2 aliphatic heterocycles. The van der Waals surface area contributed by atoms with E-state index in [0.717, 1.165) is 17.0 Å². The predicted molar refractivity (Wildman–Crippen MR) is 161 cm³/mol. The number of nitrogens with zero attached hydrogens (tertiary/aromatic N) is 3. The van der Waals surface area contributed by atoms with Crippen molar-refractivity contribution in [2.45, 2.75) is 55.5 Å². The van der Waals surface area contributed by atoms with E-state index in [0.29, 0.717) is 30.4 Å². The number of nitrogens with one attached hydrogen (secondary N) is 3. The highest BCUT2D eigenvalue weighted by atomic mass is 19.4. The molecule has 1 aromatic heterocycles. The minimum Gasteiger partial charge on any atom is -0.406 e. The van der Waals surface area contributed by atoms with E-state index in [1.807, 2.05) is 0 Å². The van der Waals surface area contributed by atoms with E-state index in [-0.39, 0.29) is 29.7 Å². The highest BCUT2D eigenvalue weighted by Gasteiger charge is 2.66. The van der Waals surface area contributed by atoms with Gasteiger partial charge in [-0.25, -0.2) is 24.3 Å². The number of primary amides is 1. The Bertz CT molecular complexity index is 1900. The molecule has 8 amide bonds. The maximum Gasteiger partial charge on any atom is 0.573 e. The van der Waals surface area contributed by atoms with Crippen molar-refractivity contribution < 1.29 is 59.8 Å². The topological polar surface area (TPSA) is 185 Å². The molecule has 0 bridgehead atoms. The molecule has 2 aromatic carbocycles. The van der Waals surface area contributed by atoms with E-state index in [1.54, 1.807) is 6.07 Å². The lowest BCUT2D eigenvalue weighted by Gasteiger charge is -2.21. The van der Waals surface area contributed by atoms with E-state index in [1.165, 1.54) is 53.6 Å². The maximum absolute atomic E-state index is 13.1. The molecule has 14 nitrogen and oxygen atoms in total. The lowest BCUT2D eigenvalue weighted by Crippen LogP contribution is -2.36. The van der Waals surface area contributed by atoms with Crippen molar-refractivity contribution in [2.75, 3.05) is 10.2 Å². The number of nitrogens with two attached hydrogens (primary N) is 1. The zero-order valence-electron chi connectivity index (χ0n) is 25.8. The molecule has 2 spiro atoms. The lowest BCUT2D eigenvalue weighted by molar-refractivity contribution is -0.275. The average molecular weight is 722 g/mol. The molecule has 51 heavy (non-hydrogen) atoms. The van der Waals surface area contributed by atoms with Crippen LogP contribution in [0.3, 0.4) is 0 Å². The highest BCUT2D eigenvalue weighted by Crippen LogP contribution is 2.53. The summed E-state index contributed by atoms with van der Waals surface area (Å²) in [5.41, 5.74) is 4.59. The minimum atomic E-state index is -4.84. The number of alkyl halides is 6. The van der Waals surface area contributed by atoms with Gasteiger partial charge in [0.1, 0.15) is 28.4 Å². The van der Waals surface area contributed by atoms with Crippen LogP contribution in [0.4, 0.5) is 52.2 Å². The molecule has 268 valence electrons. The molecule has 0 radical (unpaired) electrons. The van der Waals surface area contributed by atoms with E-state index in [4.69, 9.17) is 5.73 Å². The van der Waals surface area contributed by atoms with Gasteiger partial charge in [0.25, 0.3) is 11.8 Å². The molecule has 4 fully saturated rings. The summed E-state index contributed by atoms with van der Waals surface area (Å²) < 4.78 is 80.7. The van der Waals surface area contributed by atoms with Gasteiger partial charge in [-0.2, -0.15) is 0 Å². The molecule has 2 saturated carbocycles. The van der Waals surface area contributed by atoms with Crippen molar-refractivity contribution in [2.24, 2.45) is 5.73 Å². The minimum absolute atomic E-state index is 0.0757. The van der Waals surface area contributed by atoms with Gasteiger partial charge >= 0.3 is 30.8 Å². The van der Waals surface area contributed by atoms with Crippen LogP contribution in [0.15, 0.2) is 66.9 Å². The monoisotopic (exact) mass is 721 g/mol. The summed E-state index contributed by atoms with van der Waals surface area (Å²) in [5, 5.41) is 7.03. The Balaban J connectivity index is 0.000000193. The molecule has 2 atom stereocenters. The van der Waals surface area contributed by atoms with Crippen LogP contribution in [-0.2, 0) is 16.1 Å². The molecule has 7 rings (SSSR count). The largest absolute Gasteiger partial charge is 0.573 e. The van der Waals surface area contributed by atoms with Crippen molar-refractivity contribution in [3.63, 3.8) is 0 Å². The zero-order chi connectivity index (χ0) is 36.9. The molecule has 5 N–H and O–H groups in total. The third-order valence-electron chi connectivity index (χ3n) is 8.45. The number of amides is 8. The first-order valence-electron chi connectivity index (χ1n) is 14.9. The fraction of sp³-hybridized carbons (Fsp3) is 0.290. The normalized spacial score (nSPS) is 21.6. The number of carbonyl (C=O) groups excluding carboxylic acids is 5. The van der Waals surface area contributed by atoms with Crippen molar-refractivity contribution in [3.05, 3.63) is 78.0 Å². The molecular formula is C31H25F6N7O7. The maximum atomic E-state index is 13.1. The van der Waals surface area contributed by atoms with Gasteiger partial charge in [0, 0.05) is 18.7 Å². The molecule has 2 unspecified atom stereocenters. The van der Waals surface area contributed by atoms with Crippen LogP contribution in [0.5, 0.6) is 11.5 Å². The number of ether oxygens (including phenoxy) is 2. The fourth-order valence-electron chi connectivity index (χ4n) is 5.97. The smallest absolute Gasteiger partial charge is 0.406 e. The Morgan fingerprint density at radius 1 is 0.922 bits per heavy atom. The number of anilines is 2. The second-order valence-corrected chi connectivity index (χ2v) is 11.9. The van der Waals surface area contributed by atoms with Crippen molar-refractivity contribution in [3.8, 4) is 11.5 Å². The summed E-state index contributed by atoms with van der Waals surface area (Å²) in [7, 11) is 0. The standard InChI is InChI=1S/C19H16F3N5O4.C12H9F3N2O3/c20-19(21,22)31-13-3-1-12(2-4-13)27-15(28)18(6-7-18)26(17(27)30)10-11-5-8-24-14(9-11)25-16(23)29;13-12(14,15)20-7-3-1-6(2-4-7)8-5-11(8)9(18)16-10(19)17-11/h1-5,8-9H,6-7,10H2,(H3,23,24,25,29);1-4,8H,5H2,(H2,16,17,18,19). The summed E-state index contributed by atoms with van der Waals surface area (Å²) in [4.78, 5) is 66.1. The number of benzene rings is 2. The Labute approximate surface area is 282 Å². The van der Waals surface area contributed by atoms with Gasteiger partial charge < -0.3 is 25.4 Å². The van der Waals surface area contributed by atoms with Crippen molar-refractivity contribution in [1.29, 1.82) is 0 Å². The number of hydrogen-bond donors (Lipinski definition) is 4. The van der Waals surface area contributed by atoms with Gasteiger partial charge in [-0.3, -0.25) is 20.2 Å². The molecule has 2 aliphatic carbocycles. The van der Waals surface area contributed by atoms with E-state index in [9.17, 15) is 50.3 Å². The van der Waals surface area contributed by atoms with Gasteiger partial charge in [-0.1, -0.05) is 12.1 Å². The number of rotatable bonds is 7. The second kappa shape index (κ2) is 12.4. The van der Waals surface area contributed by atoms with Gasteiger partial charge in [0.15, 0.2) is 0 Å². The highest BCUT2D eigenvalue weighted by molar-refractivity contribution is 6.24. The third kappa shape index (κ3) is 7.29. The first kappa shape index (κ1) is 34.8. The van der Waals surface area contributed by atoms with Crippen LogP contribution in [0.25, 0.3) is 0 Å². The second-order valence-electron chi connectivity index (χ2n) is 11.9. The Morgan fingerprint density at radius 3 is 2.02 bits per heavy atom. The molecule has 4 aliphatic rings. The number of halogens is 6. The van der Waals surface area contributed by atoms with Crippen LogP contribution in [0.1, 0.15) is 36.3 Å². The summed E-state index contributed by atoms with van der Waals surface area (Å²) >= 11 is 0. The number of urea groups is 3. The number of aromatic nitrogens is 1. The lowest BCUT2D eigenvalue weighted by atomic mass is 10.1. The van der Waals surface area contributed by atoms with Gasteiger partial charge in [0.05, 0.1) is 5.69 Å². The molecule has 3 heterocycles. The summed E-state index contributed by atoms with van der Waals surface area (Å²) in [5.74, 6) is -1.65. The van der Waals surface area contributed by atoms with Gasteiger partial charge in [0.2, 0.25) is 0 Å². The van der Waals surface area contributed by atoms with Crippen molar-refractivity contribution >= 4 is 41.4 Å². The van der Waals surface area contributed by atoms with Crippen LogP contribution in [0.2, 0.25) is 0 Å². The van der Waals surface area contributed by atoms with Crippen molar-refractivity contribution in [1.82, 2.24) is 20.5 Å². The number of carbonyl (C=O) groups is 5. The summed E-state index contributed by atoms with van der Waals surface area (Å²) in [6, 6.07) is 11.0. The third-order valence-corrected chi connectivity index (χ3v) is 8.45. The first-order chi connectivity index (χ1) is 23.9. The molecular weight excluding hydrogens is 696 g/mol. The zero-order valence-corrected chi connectivity index (χ0v) is 25.8. The Kier molecular flexibility index (Phi) is 8.42. The van der Waals surface area contributed by atoms with Crippen LogP contribution in [-0.4, -0.2) is 63.6 Å². The molecule has 3 aromatic rings. The van der Waals surface area contributed by atoms with Gasteiger partial charge in [-0.05, 0) is 78.9 Å². The molecule has 20 heteroatoms. The Morgan fingerprint density at radius 2 is 1.51 bits per heavy atom. The Hall–Kier alpha value is -6.08. The average Bonchev–Trinajstić information content (AvgIpc) is 3.93. The number of hydrogen-bond acceptors (Lipinski definition) is 8. The number of imide groups is 2. The number of pyridine rings is 1. The van der Waals surface area contributed by atoms with Crippen LogP contribution < -0.4 is 36.1 Å². The van der Waals surface area contributed by atoms with E-state index in [2.05, 4.69) is 30.4 Å². The first-order valence-corrected chi connectivity index (χ1v) is 14.9. The quantitative estimate of drug-likeness (QED) is 0.201. The molecule has 2 saturated heterocycles. The van der Waals surface area contributed by atoms with Crippen LogP contribution in [0, 0.1) is 0 Å². The SMILES string of the molecule is NC(=O)Nc1cc(CN2C(=O)N(c3ccc(OC(F)(F)F)cc3)C(=O)C23CC3)ccn1.O=C1NC(=O)C2(CC2c2ccc(OC(F)(F)F)cc2)N1. The van der Waals surface area contributed by atoms with Gasteiger partial charge in [-0.15, -0.1) is 26.3 Å². The predicted octanol–water partition coefficient (Wildman–Crippen LogP) is 4.62. The summed E-state index contributed by atoms with van der Waals surface area (Å²) in [6.07, 6.45) is -6.77.